The van der Waals surface area contributed by atoms with E-state index in [1.165, 1.54) is 25.6 Å². The van der Waals surface area contributed by atoms with Gasteiger partial charge in [-0.3, -0.25) is 9.78 Å². The van der Waals surface area contributed by atoms with Gasteiger partial charge in [0.25, 0.3) is 5.91 Å². The predicted octanol–water partition coefficient (Wildman–Crippen LogP) is 3.14. The molecule has 0 bridgehead atoms. The molecule has 1 N–H and O–H groups in total. The number of amides is 1. The van der Waals surface area contributed by atoms with E-state index in [4.69, 9.17) is 0 Å². The van der Waals surface area contributed by atoms with Gasteiger partial charge < -0.3 is 10.1 Å². The van der Waals surface area contributed by atoms with Crippen molar-refractivity contribution in [2.75, 3.05) is 12.4 Å². The minimum Gasteiger partial charge on any atom is -0.465 e. The van der Waals surface area contributed by atoms with E-state index in [1.807, 2.05) is 0 Å². The molecule has 0 unspecified atom stereocenters. The Labute approximate surface area is 129 Å². The highest BCUT2D eigenvalue weighted by molar-refractivity contribution is 6.07. The topological polar surface area (TPSA) is 68.3 Å². The van der Waals surface area contributed by atoms with Crippen molar-refractivity contribution in [2.24, 2.45) is 0 Å². The lowest BCUT2D eigenvalue weighted by atomic mass is 10.1. The molecule has 1 aromatic carbocycles. The molecule has 0 radical (unpaired) electrons. The maximum absolute atomic E-state index is 12.5. The molecule has 1 amide bonds. The summed E-state index contributed by atoms with van der Waals surface area (Å²) < 4.78 is 42.0. The molecule has 0 aliphatic rings. The number of methoxy groups -OCH3 is 1. The third-order valence-corrected chi connectivity index (χ3v) is 2.95. The van der Waals surface area contributed by atoms with Crippen LogP contribution in [0.15, 0.2) is 42.7 Å². The Morgan fingerprint density at radius 1 is 1.13 bits per heavy atom. The number of carbonyl (C=O) groups excluding carboxylic acids is 2. The number of pyridine rings is 1. The smallest absolute Gasteiger partial charge is 0.416 e. The van der Waals surface area contributed by atoms with Crippen molar-refractivity contribution in [3.63, 3.8) is 0 Å². The van der Waals surface area contributed by atoms with Gasteiger partial charge in [-0.05, 0) is 30.3 Å². The van der Waals surface area contributed by atoms with Crippen LogP contribution in [0.5, 0.6) is 0 Å². The molecule has 0 fully saturated rings. The van der Waals surface area contributed by atoms with E-state index in [9.17, 15) is 22.8 Å². The van der Waals surface area contributed by atoms with Crippen LogP contribution in [0.25, 0.3) is 0 Å². The number of esters is 1. The van der Waals surface area contributed by atoms with Crippen LogP contribution < -0.4 is 5.32 Å². The SMILES string of the molecule is COC(=O)c1cnccc1NC(=O)c1ccc(C(F)(F)F)cc1. The Balaban J connectivity index is 2.22. The summed E-state index contributed by atoms with van der Waals surface area (Å²) in [4.78, 5) is 27.4. The molecule has 2 rings (SSSR count). The van der Waals surface area contributed by atoms with E-state index in [0.717, 1.165) is 24.3 Å². The maximum atomic E-state index is 12.5. The number of anilines is 1. The Morgan fingerprint density at radius 2 is 1.78 bits per heavy atom. The van der Waals surface area contributed by atoms with Crippen LogP contribution in [0.4, 0.5) is 18.9 Å². The van der Waals surface area contributed by atoms with E-state index in [1.54, 1.807) is 0 Å². The first-order chi connectivity index (χ1) is 10.8. The van der Waals surface area contributed by atoms with Crippen LogP contribution in [0.3, 0.4) is 0 Å². The Bertz CT molecular complexity index is 727. The lowest BCUT2D eigenvalue weighted by Gasteiger charge is -2.10. The summed E-state index contributed by atoms with van der Waals surface area (Å²) in [5.41, 5.74) is -0.647. The molecule has 120 valence electrons. The van der Waals surface area contributed by atoms with Crippen molar-refractivity contribution >= 4 is 17.6 Å². The van der Waals surface area contributed by atoms with Crippen LogP contribution in [0.1, 0.15) is 26.3 Å². The lowest BCUT2D eigenvalue weighted by Crippen LogP contribution is -2.16. The number of carbonyl (C=O) groups is 2. The second kappa shape index (κ2) is 6.47. The first kappa shape index (κ1) is 16.5. The molecule has 0 atom stereocenters. The third-order valence-electron chi connectivity index (χ3n) is 2.95. The number of nitrogens with one attached hydrogen (secondary N) is 1. The summed E-state index contributed by atoms with van der Waals surface area (Å²) >= 11 is 0. The van der Waals surface area contributed by atoms with Crippen molar-refractivity contribution in [2.45, 2.75) is 6.18 Å². The Kier molecular flexibility index (Phi) is 4.63. The normalized spacial score (nSPS) is 11.0. The van der Waals surface area contributed by atoms with Gasteiger partial charge in [0.15, 0.2) is 0 Å². The average molecular weight is 324 g/mol. The van der Waals surface area contributed by atoms with Crippen LogP contribution in [-0.2, 0) is 10.9 Å². The number of benzene rings is 1. The fourth-order valence-electron chi connectivity index (χ4n) is 1.78. The third kappa shape index (κ3) is 3.85. The predicted molar refractivity (Wildman–Crippen MR) is 75.0 cm³/mol. The summed E-state index contributed by atoms with van der Waals surface area (Å²) in [5.74, 6) is -1.35. The molecule has 5 nitrogen and oxygen atoms in total. The minimum absolute atomic E-state index is 0.0191. The van der Waals surface area contributed by atoms with Gasteiger partial charge in [0.2, 0.25) is 0 Å². The first-order valence-electron chi connectivity index (χ1n) is 6.34. The van der Waals surface area contributed by atoms with Crippen molar-refractivity contribution < 1.29 is 27.5 Å². The quantitative estimate of drug-likeness (QED) is 0.881. The fourth-order valence-corrected chi connectivity index (χ4v) is 1.78. The first-order valence-corrected chi connectivity index (χ1v) is 6.34. The molecule has 1 aromatic heterocycles. The van der Waals surface area contributed by atoms with Crippen molar-refractivity contribution in [1.82, 2.24) is 4.98 Å². The van der Waals surface area contributed by atoms with Gasteiger partial charge in [0.1, 0.15) is 5.56 Å². The zero-order valence-corrected chi connectivity index (χ0v) is 11.8. The van der Waals surface area contributed by atoms with Gasteiger partial charge >= 0.3 is 12.1 Å². The van der Waals surface area contributed by atoms with Crippen molar-refractivity contribution in [1.29, 1.82) is 0 Å². The minimum atomic E-state index is -4.47. The summed E-state index contributed by atoms with van der Waals surface area (Å²) in [6, 6.07) is 5.11. The number of halogens is 3. The van der Waals surface area contributed by atoms with E-state index < -0.39 is 23.6 Å². The zero-order chi connectivity index (χ0) is 17.0. The number of hydrogen-bond donors (Lipinski definition) is 1. The largest absolute Gasteiger partial charge is 0.465 e. The fraction of sp³-hybridized carbons (Fsp3) is 0.133. The summed E-state index contributed by atoms with van der Waals surface area (Å²) in [5, 5.41) is 2.44. The molecule has 23 heavy (non-hydrogen) atoms. The molecule has 0 aliphatic carbocycles. The number of alkyl halides is 3. The lowest BCUT2D eigenvalue weighted by molar-refractivity contribution is -0.137. The molecule has 2 aromatic rings. The second-order valence-corrected chi connectivity index (χ2v) is 4.44. The average Bonchev–Trinajstić information content (AvgIpc) is 2.54. The van der Waals surface area contributed by atoms with Gasteiger partial charge in [-0.2, -0.15) is 13.2 Å². The maximum Gasteiger partial charge on any atom is 0.416 e. The number of aromatic nitrogens is 1. The van der Waals surface area contributed by atoms with E-state index >= 15 is 0 Å². The molecule has 8 heteroatoms. The second-order valence-electron chi connectivity index (χ2n) is 4.44. The molecule has 0 aliphatic heterocycles. The van der Waals surface area contributed by atoms with E-state index in [0.29, 0.717) is 0 Å². The summed E-state index contributed by atoms with van der Waals surface area (Å²) in [6.07, 6.45) is -1.90. The number of hydrogen-bond acceptors (Lipinski definition) is 4. The van der Waals surface area contributed by atoms with Gasteiger partial charge in [-0.15, -0.1) is 0 Å². The highest BCUT2D eigenvalue weighted by atomic mass is 19.4. The monoisotopic (exact) mass is 324 g/mol. The number of ether oxygens (including phenoxy) is 1. The van der Waals surface area contributed by atoms with Gasteiger partial charge in [0.05, 0.1) is 18.4 Å². The van der Waals surface area contributed by atoms with Crippen LogP contribution in [0, 0.1) is 0 Å². The van der Waals surface area contributed by atoms with Gasteiger partial charge in [0, 0.05) is 18.0 Å². The molecule has 0 saturated heterocycles. The van der Waals surface area contributed by atoms with Gasteiger partial charge in [-0.25, -0.2) is 4.79 Å². The summed E-state index contributed by atoms with van der Waals surface area (Å²) in [6.45, 7) is 0. The van der Waals surface area contributed by atoms with Crippen LogP contribution in [-0.4, -0.2) is 24.0 Å². The van der Waals surface area contributed by atoms with Crippen LogP contribution in [0.2, 0.25) is 0 Å². The molecule has 0 spiro atoms. The van der Waals surface area contributed by atoms with Crippen LogP contribution >= 0.6 is 0 Å². The van der Waals surface area contributed by atoms with E-state index in [2.05, 4.69) is 15.0 Å². The number of nitrogens with zero attached hydrogens (tertiary/aromatic N) is 1. The molecule has 1 heterocycles. The molecular weight excluding hydrogens is 313 g/mol. The molecule has 0 saturated carbocycles. The molecular formula is C15H11F3N2O3. The highest BCUT2D eigenvalue weighted by Crippen LogP contribution is 2.29. The Hall–Kier alpha value is -2.90. The Morgan fingerprint density at radius 3 is 2.35 bits per heavy atom. The standard InChI is InChI=1S/C15H11F3N2O3/c1-23-14(22)11-8-19-7-6-12(11)20-13(21)9-2-4-10(5-3-9)15(16,17)18/h2-8H,1H3,(H,19,20,21). The summed E-state index contributed by atoms with van der Waals surface area (Å²) in [7, 11) is 1.18. The van der Waals surface area contributed by atoms with Crippen molar-refractivity contribution in [3.8, 4) is 0 Å². The van der Waals surface area contributed by atoms with Crippen molar-refractivity contribution in [3.05, 3.63) is 59.4 Å². The zero-order valence-electron chi connectivity index (χ0n) is 11.8. The van der Waals surface area contributed by atoms with Gasteiger partial charge in [-0.1, -0.05) is 0 Å². The number of rotatable bonds is 3. The highest BCUT2D eigenvalue weighted by Gasteiger charge is 2.30. The van der Waals surface area contributed by atoms with E-state index in [-0.39, 0.29) is 16.8 Å².